The van der Waals surface area contributed by atoms with Gasteiger partial charge in [-0.05, 0) is 25.1 Å². The molecule has 1 N–H and O–H groups in total. The van der Waals surface area contributed by atoms with Crippen LogP contribution < -0.4 is 10.1 Å². The number of carbonyl (C=O) groups is 1. The maximum absolute atomic E-state index is 11.9. The monoisotopic (exact) mass is 235 g/mol. The lowest BCUT2D eigenvalue weighted by atomic mass is 10.2. The number of hydrogen-bond acceptors (Lipinski definition) is 4. The van der Waals surface area contributed by atoms with Gasteiger partial charge in [0.1, 0.15) is 0 Å². The molecule has 2 heterocycles. The number of methoxy groups -OCH3 is 1. The van der Waals surface area contributed by atoms with E-state index in [2.05, 4.69) is 10.3 Å². The number of hydrogen-bond donors (Lipinski definition) is 1. The molecule has 1 unspecified atom stereocenters. The summed E-state index contributed by atoms with van der Waals surface area (Å²) in [7, 11) is 3.41. The molecule has 92 valence electrons. The predicted octanol–water partition coefficient (Wildman–Crippen LogP) is 0.410. The maximum atomic E-state index is 11.9. The molecule has 1 amide bonds. The highest BCUT2D eigenvalue weighted by Crippen LogP contribution is 2.16. The zero-order valence-corrected chi connectivity index (χ0v) is 10.1. The second-order valence-electron chi connectivity index (χ2n) is 4.10. The van der Waals surface area contributed by atoms with Crippen molar-refractivity contribution >= 4 is 5.91 Å². The van der Waals surface area contributed by atoms with E-state index in [0.29, 0.717) is 12.4 Å². The molecule has 2 rings (SSSR count). The summed E-state index contributed by atoms with van der Waals surface area (Å²) < 4.78 is 5.06. The van der Waals surface area contributed by atoms with Crippen molar-refractivity contribution in [3.8, 4) is 5.88 Å². The smallest absolute Gasteiger partial charge is 0.240 e. The fourth-order valence-electron chi connectivity index (χ4n) is 2.04. The number of nitrogens with one attached hydrogen (secondary N) is 1. The Labute approximate surface area is 101 Å². The average molecular weight is 235 g/mol. The van der Waals surface area contributed by atoms with Crippen molar-refractivity contribution < 1.29 is 9.53 Å². The van der Waals surface area contributed by atoms with E-state index in [4.69, 9.17) is 4.74 Å². The summed E-state index contributed by atoms with van der Waals surface area (Å²) in [5.74, 6) is 0.752. The fourth-order valence-corrected chi connectivity index (χ4v) is 2.04. The van der Waals surface area contributed by atoms with Gasteiger partial charge in [0.15, 0.2) is 0 Å². The van der Waals surface area contributed by atoms with Crippen molar-refractivity contribution in [2.75, 3.05) is 20.7 Å². The number of aromatic nitrogens is 1. The van der Waals surface area contributed by atoms with Crippen LogP contribution in [0.3, 0.4) is 0 Å². The summed E-state index contributed by atoms with van der Waals surface area (Å²) in [4.78, 5) is 17.8. The Morgan fingerprint density at radius 1 is 1.65 bits per heavy atom. The van der Waals surface area contributed by atoms with Crippen LogP contribution in [0.25, 0.3) is 0 Å². The first-order valence-electron chi connectivity index (χ1n) is 5.69. The van der Waals surface area contributed by atoms with Crippen molar-refractivity contribution in [2.24, 2.45) is 0 Å². The zero-order valence-electron chi connectivity index (χ0n) is 10.1. The van der Waals surface area contributed by atoms with Gasteiger partial charge in [-0.2, -0.15) is 0 Å². The van der Waals surface area contributed by atoms with Crippen LogP contribution in [0.15, 0.2) is 18.3 Å². The Hall–Kier alpha value is -1.62. The van der Waals surface area contributed by atoms with E-state index in [1.54, 1.807) is 13.3 Å². The summed E-state index contributed by atoms with van der Waals surface area (Å²) >= 11 is 0. The molecular weight excluding hydrogens is 218 g/mol. The molecule has 0 aliphatic carbocycles. The van der Waals surface area contributed by atoms with E-state index >= 15 is 0 Å². The Balaban J connectivity index is 2.03. The molecule has 5 heteroatoms. The van der Waals surface area contributed by atoms with E-state index in [-0.39, 0.29) is 11.9 Å². The Kier molecular flexibility index (Phi) is 3.58. The molecule has 1 saturated heterocycles. The Morgan fingerprint density at radius 2 is 2.47 bits per heavy atom. The predicted molar refractivity (Wildman–Crippen MR) is 63.7 cm³/mol. The number of amides is 1. The van der Waals surface area contributed by atoms with Crippen LogP contribution in [0, 0.1) is 0 Å². The quantitative estimate of drug-likeness (QED) is 0.821. The second kappa shape index (κ2) is 5.14. The third-order valence-electron chi connectivity index (χ3n) is 3.03. The van der Waals surface area contributed by atoms with Crippen molar-refractivity contribution in [2.45, 2.75) is 19.0 Å². The normalized spacial score (nSPS) is 19.8. The highest BCUT2D eigenvalue weighted by molar-refractivity contribution is 5.83. The molecule has 1 fully saturated rings. The van der Waals surface area contributed by atoms with E-state index in [1.807, 2.05) is 24.1 Å². The first-order valence-corrected chi connectivity index (χ1v) is 5.69. The molecule has 1 aliphatic rings. The number of likely N-dealkylation sites (tertiary alicyclic amines) is 1. The largest absolute Gasteiger partial charge is 0.481 e. The van der Waals surface area contributed by atoms with Gasteiger partial charge in [0.2, 0.25) is 11.8 Å². The number of pyridine rings is 1. The average Bonchev–Trinajstić information content (AvgIpc) is 2.71. The third-order valence-corrected chi connectivity index (χ3v) is 3.03. The maximum Gasteiger partial charge on any atom is 0.240 e. The summed E-state index contributed by atoms with van der Waals surface area (Å²) in [5.41, 5.74) is 1.04. The fraction of sp³-hybridized carbons (Fsp3) is 0.500. The minimum atomic E-state index is -0.0290. The number of carbonyl (C=O) groups excluding carboxylic acids is 1. The lowest BCUT2D eigenvalue weighted by Gasteiger charge is -2.16. The van der Waals surface area contributed by atoms with Crippen molar-refractivity contribution in [1.29, 1.82) is 0 Å². The number of rotatable bonds is 4. The minimum absolute atomic E-state index is 0.0290. The van der Waals surface area contributed by atoms with Gasteiger partial charge in [-0.3, -0.25) is 4.79 Å². The van der Waals surface area contributed by atoms with Crippen LogP contribution in [0.4, 0.5) is 0 Å². The number of ether oxygens (including phenoxy) is 1. The molecule has 0 saturated carbocycles. The first kappa shape index (κ1) is 11.9. The highest BCUT2D eigenvalue weighted by atomic mass is 16.5. The van der Waals surface area contributed by atoms with Gasteiger partial charge in [-0.25, -0.2) is 4.98 Å². The van der Waals surface area contributed by atoms with Gasteiger partial charge in [0, 0.05) is 25.4 Å². The molecule has 1 aromatic heterocycles. The van der Waals surface area contributed by atoms with E-state index in [9.17, 15) is 4.79 Å². The molecule has 5 nitrogen and oxygen atoms in total. The second-order valence-corrected chi connectivity index (χ2v) is 4.10. The van der Waals surface area contributed by atoms with Crippen molar-refractivity contribution in [3.05, 3.63) is 23.9 Å². The molecule has 1 aliphatic heterocycles. The third kappa shape index (κ3) is 2.55. The van der Waals surface area contributed by atoms with Gasteiger partial charge in [-0.1, -0.05) is 0 Å². The van der Waals surface area contributed by atoms with Crippen molar-refractivity contribution in [3.63, 3.8) is 0 Å². The molecule has 1 atom stereocenters. The van der Waals surface area contributed by atoms with Crippen LogP contribution in [0.1, 0.15) is 12.0 Å². The lowest BCUT2D eigenvalue weighted by Crippen LogP contribution is -2.35. The standard InChI is InChI=1S/C12H17N3O2/c1-13-10-4-6-15(12(10)16)8-9-3-5-14-11(7-9)17-2/h3,5,7,10,13H,4,6,8H2,1-2H3. The summed E-state index contributed by atoms with van der Waals surface area (Å²) in [6.45, 7) is 1.42. The number of nitrogens with zero attached hydrogens (tertiary/aromatic N) is 2. The van der Waals surface area contributed by atoms with Gasteiger partial charge in [0.25, 0.3) is 0 Å². The Morgan fingerprint density at radius 3 is 3.12 bits per heavy atom. The van der Waals surface area contributed by atoms with Crippen molar-refractivity contribution in [1.82, 2.24) is 15.2 Å². The summed E-state index contributed by atoms with van der Waals surface area (Å²) in [6, 6.07) is 3.74. The van der Waals surface area contributed by atoms with Gasteiger partial charge >= 0.3 is 0 Å². The van der Waals surface area contributed by atoms with E-state index < -0.39 is 0 Å². The lowest BCUT2D eigenvalue weighted by molar-refractivity contribution is -0.129. The Bertz CT molecular complexity index is 408. The first-order chi connectivity index (χ1) is 8.24. The summed E-state index contributed by atoms with van der Waals surface area (Å²) in [6.07, 6.45) is 2.57. The SMILES string of the molecule is CNC1CCN(Cc2ccnc(OC)c2)C1=O. The molecule has 0 aromatic carbocycles. The number of likely N-dealkylation sites (N-methyl/N-ethyl adjacent to an activating group) is 1. The molecular formula is C12H17N3O2. The molecule has 1 aromatic rings. The van der Waals surface area contributed by atoms with E-state index in [0.717, 1.165) is 18.5 Å². The molecule has 0 spiro atoms. The topological polar surface area (TPSA) is 54.5 Å². The van der Waals surface area contributed by atoms with Crippen LogP contribution >= 0.6 is 0 Å². The summed E-state index contributed by atoms with van der Waals surface area (Å²) in [5, 5.41) is 3.02. The van der Waals surface area contributed by atoms with Crippen LogP contribution in [-0.2, 0) is 11.3 Å². The molecule has 17 heavy (non-hydrogen) atoms. The minimum Gasteiger partial charge on any atom is -0.481 e. The van der Waals surface area contributed by atoms with Crippen LogP contribution in [0.5, 0.6) is 5.88 Å². The van der Waals surface area contributed by atoms with Gasteiger partial charge < -0.3 is 15.0 Å². The van der Waals surface area contributed by atoms with E-state index in [1.165, 1.54) is 0 Å². The zero-order chi connectivity index (χ0) is 12.3. The van der Waals surface area contributed by atoms with Gasteiger partial charge in [-0.15, -0.1) is 0 Å². The van der Waals surface area contributed by atoms with Gasteiger partial charge in [0.05, 0.1) is 13.2 Å². The highest BCUT2D eigenvalue weighted by Gasteiger charge is 2.29. The van der Waals surface area contributed by atoms with Crippen LogP contribution in [0.2, 0.25) is 0 Å². The van der Waals surface area contributed by atoms with Crippen LogP contribution in [-0.4, -0.2) is 42.5 Å². The molecule has 0 radical (unpaired) electrons. The molecule has 0 bridgehead atoms.